The maximum Gasteiger partial charge on any atom is 0.226 e. The number of nitrogens with one attached hydrogen (secondary N) is 1. The number of hydrogen-bond acceptors (Lipinski definition) is 7. The highest BCUT2D eigenvalue weighted by atomic mass is 32.1. The molecule has 1 aromatic carbocycles. The van der Waals surface area contributed by atoms with Crippen molar-refractivity contribution in [2.45, 2.75) is 19.4 Å². The van der Waals surface area contributed by atoms with Crippen molar-refractivity contribution >= 4 is 28.3 Å². The van der Waals surface area contributed by atoms with Crippen LogP contribution < -0.4 is 10.1 Å². The molecule has 2 aromatic rings. The number of ether oxygens (including phenoxy) is 1. The Bertz CT molecular complexity index is 706. The molecule has 0 spiro atoms. The highest BCUT2D eigenvalue weighted by Crippen LogP contribution is 2.26. The summed E-state index contributed by atoms with van der Waals surface area (Å²) in [6.45, 7) is 0.328. The molecule has 8 nitrogen and oxygen atoms in total. The van der Waals surface area contributed by atoms with Crippen molar-refractivity contribution in [2.24, 2.45) is 0 Å². The van der Waals surface area contributed by atoms with E-state index >= 15 is 0 Å². The van der Waals surface area contributed by atoms with Gasteiger partial charge < -0.3 is 20.1 Å². The summed E-state index contributed by atoms with van der Waals surface area (Å²) in [6.07, 6.45) is 0.153. The third-order valence-electron chi connectivity index (χ3n) is 3.26. The molecule has 0 fully saturated rings. The molecule has 0 aliphatic heterocycles. The number of aromatic nitrogens is 2. The zero-order valence-electron chi connectivity index (χ0n) is 13.4. The molecular weight excluding hydrogens is 332 g/mol. The van der Waals surface area contributed by atoms with Gasteiger partial charge in [0, 0.05) is 26.4 Å². The second kappa shape index (κ2) is 8.25. The van der Waals surface area contributed by atoms with Crippen LogP contribution >= 0.6 is 11.3 Å². The maximum absolute atomic E-state index is 12.1. The summed E-state index contributed by atoms with van der Waals surface area (Å²) in [6, 6.07) is 4.95. The van der Waals surface area contributed by atoms with Gasteiger partial charge in [-0.1, -0.05) is 17.4 Å². The lowest BCUT2D eigenvalue weighted by Crippen LogP contribution is -2.27. The van der Waals surface area contributed by atoms with Crippen LogP contribution in [0.5, 0.6) is 11.5 Å². The fraction of sp³-hybridized carbons (Fsp3) is 0.333. The van der Waals surface area contributed by atoms with E-state index in [0.29, 0.717) is 17.4 Å². The first kappa shape index (κ1) is 17.7. The number of hydrogen-bond donors (Lipinski definition) is 2. The van der Waals surface area contributed by atoms with Crippen LogP contribution in [-0.2, 0) is 16.1 Å². The van der Waals surface area contributed by atoms with Gasteiger partial charge in [0.05, 0.1) is 7.11 Å². The number of anilines is 1. The van der Waals surface area contributed by atoms with E-state index in [1.54, 1.807) is 25.2 Å². The summed E-state index contributed by atoms with van der Waals surface area (Å²) in [5.74, 6) is -0.0540. The van der Waals surface area contributed by atoms with Crippen LogP contribution in [0, 0.1) is 0 Å². The zero-order chi connectivity index (χ0) is 17.5. The van der Waals surface area contributed by atoms with Crippen molar-refractivity contribution in [2.75, 3.05) is 19.5 Å². The van der Waals surface area contributed by atoms with E-state index in [2.05, 4.69) is 15.5 Å². The predicted molar refractivity (Wildman–Crippen MR) is 88.9 cm³/mol. The van der Waals surface area contributed by atoms with E-state index in [0.717, 1.165) is 5.56 Å². The lowest BCUT2D eigenvalue weighted by Gasteiger charge is -2.17. The molecule has 0 saturated carbocycles. The van der Waals surface area contributed by atoms with E-state index in [4.69, 9.17) is 4.74 Å². The number of carbonyl (C=O) groups excluding carboxylic acids is 2. The quantitative estimate of drug-likeness (QED) is 0.786. The molecule has 0 unspecified atom stereocenters. The van der Waals surface area contributed by atoms with Crippen molar-refractivity contribution in [1.29, 1.82) is 0 Å². The monoisotopic (exact) mass is 350 g/mol. The Morgan fingerprint density at radius 2 is 2.17 bits per heavy atom. The number of benzene rings is 1. The Morgan fingerprint density at radius 3 is 2.79 bits per heavy atom. The number of methoxy groups -OCH3 is 1. The molecule has 2 N–H and O–H groups in total. The number of aromatic hydroxyl groups is 1. The Morgan fingerprint density at radius 1 is 1.38 bits per heavy atom. The molecular formula is C15H18N4O4S. The minimum absolute atomic E-state index is 0.0206. The van der Waals surface area contributed by atoms with Crippen molar-refractivity contribution < 1.29 is 19.4 Å². The normalized spacial score (nSPS) is 10.2. The summed E-state index contributed by atoms with van der Waals surface area (Å²) in [7, 11) is 3.11. The van der Waals surface area contributed by atoms with Crippen LogP contribution in [0.1, 0.15) is 18.4 Å². The average molecular weight is 350 g/mol. The van der Waals surface area contributed by atoms with Gasteiger partial charge in [0.2, 0.25) is 16.9 Å². The molecule has 0 atom stereocenters. The van der Waals surface area contributed by atoms with Gasteiger partial charge in [-0.2, -0.15) is 0 Å². The summed E-state index contributed by atoms with van der Waals surface area (Å²) < 4.78 is 4.98. The van der Waals surface area contributed by atoms with Gasteiger partial charge in [-0.05, 0) is 17.7 Å². The molecule has 1 heterocycles. The Labute approximate surface area is 143 Å². The van der Waals surface area contributed by atoms with E-state index in [-0.39, 0.29) is 30.4 Å². The topological polar surface area (TPSA) is 105 Å². The third-order valence-corrected chi connectivity index (χ3v) is 3.87. The number of phenolic OH excluding ortho intramolecular Hbond substituents is 1. The van der Waals surface area contributed by atoms with Gasteiger partial charge >= 0.3 is 0 Å². The summed E-state index contributed by atoms with van der Waals surface area (Å²) in [5, 5.41) is 20.1. The van der Waals surface area contributed by atoms with Gasteiger partial charge in [-0.3, -0.25) is 9.59 Å². The summed E-state index contributed by atoms with van der Waals surface area (Å²) >= 11 is 1.21. The summed E-state index contributed by atoms with van der Waals surface area (Å²) in [4.78, 5) is 25.3. The molecule has 2 rings (SSSR count). The van der Waals surface area contributed by atoms with Crippen LogP contribution in [0.15, 0.2) is 23.7 Å². The molecule has 0 aliphatic carbocycles. The van der Waals surface area contributed by atoms with Gasteiger partial charge in [0.15, 0.2) is 11.5 Å². The minimum atomic E-state index is -0.282. The fourth-order valence-electron chi connectivity index (χ4n) is 2.02. The highest BCUT2D eigenvalue weighted by molar-refractivity contribution is 7.13. The van der Waals surface area contributed by atoms with Crippen molar-refractivity contribution in [1.82, 2.24) is 15.1 Å². The largest absolute Gasteiger partial charge is 0.504 e. The van der Waals surface area contributed by atoms with Gasteiger partial charge in [-0.15, -0.1) is 10.2 Å². The second-order valence-corrected chi connectivity index (χ2v) is 5.88. The van der Waals surface area contributed by atoms with Crippen molar-refractivity contribution in [3.63, 3.8) is 0 Å². The highest BCUT2D eigenvalue weighted by Gasteiger charge is 2.13. The number of nitrogens with zero attached hydrogens (tertiary/aromatic N) is 3. The van der Waals surface area contributed by atoms with E-state index in [1.165, 1.54) is 28.9 Å². The summed E-state index contributed by atoms with van der Waals surface area (Å²) in [5.41, 5.74) is 2.28. The van der Waals surface area contributed by atoms with Crippen molar-refractivity contribution in [3.8, 4) is 11.5 Å². The Hall–Kier alpha value is -2.68. The lowest BCUT2D eigenvalue weighted by atomic mass is 10.2. The van der Waals surface area contributed by atoms with Crippen LogP contribution in [0.3, 0.4) is 0 Å². The maximum atomic E-state index is 12.1. The molecule has 0 saturated heterocycles. The Kier molecular flexibility index (Phi) is 6.07. The molecule has 24 heavy (non-hydrogen) atoms. The molecule has 1 aromatic heterocycles. The molecule has 9 heteroatoms. The number of carbonyl (C=O) groups is 2. The average Bonchev–Trinajstić information content (AvgIpc) is 3.05. The van der Waals surface area contributed by atoms with Crippen molar-refractivity contribution in [3.05, 3.63) is 29.3 Å². The second-order valence-electron chi connectivity index (χ2n) is 5.05. The van der Waals surface area contributed by atoms with E-state index < -0.39 is 0 Å². The fourth-order valence-corrected chi connectivity index (χ4v) is 2.48. The molecule has 0 radical (unpaired) electrons. The smallest absolute Gasteiger partial charge is 0.226 e. The van der Waals surface area contributed by atoms with Gasteiger partial charge in [0.25, 0.3) is 0 Å². The third kappa shape index (κ3) is 4.92. The molecule has 128 valence electrons. The first-order chi connectivity index (χ1) is 11.5. The van der Waals surface area contributed by atoms with Crippen LogP contribution in [-0.4, -0.2) is 46.2 Å². The minimum Gasteiger partial charge on any atom is -0.504 e. The first-order valence-corrected chi connectivity index (χ1v) is 8.03. The predicted octanol–water partition coefficient (Wildman–Crippen LogP) is 1.63. The Balaban J connectivity index is 1.81. The van der Waals surface area contributed by atoms with Crippen LogP contribution in [0.4, 0.5) is 5.13 Å². The number of amides is 2. The van der Waals surface area contributed by atoms with Crippen LogP contribution in [0.25, 0.3) is 0 Å². The van der Waals surface area contributed by atoms with E-state index in [1.807, 2.05) is 0 Å². The van der Waals surface area contributed by atoms with Crippen LogP contribution in [0.2, 0.25) is 0 Å². The molecule has 0 bridgehead atoms. The molecule has 2 amide bonds. The number of rotatable bonds is 7. The zero-order valence-corrected chi connectivity index (χ0v) is 14.2. The first-order valence-electron chi connectivity index (χ1n) is 7.15. The standard InChI is InChI=1S/C15H18N4O4S/c1-19(8-10-3-4-12(23-2)11(20)7-10)14(22)6-5-13(21)17-15-18-16-9-24-15/h3-4,7,9,20H,5-6,8H2,1-2H3,(H,17,18,21). The van der Waals surface area contributed by atoms with Gasteiger partial charge in [-0.25, -0.2) is 0 Å². The number of phenols is 1. The SMILES string of the molecule is COc1ccc(CN(C)C(=O)CCC(=O)Nc2nncs2)cc1O. The lowest BCUT2D eigenvalue weighted by molar-refractivity contribution is -0.132. The van der Waals surface area contributed by atoms with E-state index in [9.17, 15) is 14.7 Å². The molecule has 0 aliphatic rings. The van der Waals surface area contributed by atoms with Gasteiger partial charge in [0.1, 0.15) is 5.51 Å².